The SMILES string of the molecule is Cc1ccccc1[C@@H]1CN(Cc2ccnc3c2OCC(C)(C)O3)CCN1C1CC2(CCN(c3ccc(C(=O)NS(=O)(=O)c4ccc(NC[C@H]5CC[C@](C)(O)CC5)c([N+](=O)[O-])c4)c(N4c5cc6cc[nH]c6nc5O[C@H]5COCC[C@@H]54)c3)CC2)C1C. The van der Waals surface area contributed by atoms with Crippen molar-refractivity contribution in [2.45, 2.75) is 133 Å². The number of anilines is 4. The first-order chi connectivity index (χ1) is 40.3. The van der Waals surface area contributed by atoms with Crippen molar-refractivity contribution in [2.24, 2.45) is 17.3 Å². The Kier molecular flexibility index (Phi) is 14.6. The molecule has 3 aromatic heterocycles. The molecule has 84 heavy (non-hydrogen) atoms. The number of hydrogen-bond donors (Lipinski definition) is 4. The van der Waals surface area contributed by atoms with Crippen molar-refractivity contribution in [2.75, 3.05) is 74.2 Å². The maximum absolute atomic E-state index is 14.9. The van der Waals surface area contributed by atoms with E-state index in [0.29, 0.717) is 86.4 Å². The lowest BCUT2D eigenvalue weighted by molar-refractivity contribution is -0.384. The van der Waals surface area contributed by atoms with Gasteiger partial charge in [0.05, 0.1) is 39.3 Å². The van der Waals surface area contributed by atoms with E-state index in [1.54, 1.807) is 6.07 Å². The zero-order valence-electron chi connectivity index (χ0n) is 48.5. The van der Waals surface area contributed by atoms with Gasteiger partial charge in [-0.1, -0.05) is 31.2 Å². The maximum atomic E-state index is 14.9. The highest BCUT2D eigenvalue weighted by atomic mass is 32.2. The molecule has 3 aromatic carbocycles. The van der Waals surface area contributed by atoms with E-state index in [1.165, 1.54) is 23.3 Å². The minimum atomic E-state index is -4.65. The number of nitrogens with one attached hydrogen (secondary N) is 3. The van der Waals surface area contributed by atoms with Crippen LogP contribution in [0, 0.1) is 34.3 Å². The van der Waals surface area contributed by atoms with Crippen LogP contribution < -0.4 is 34.0 Å². The number of sulfonamides is 1. The summed E-state index contributed by atoms with van der Waals surface area (Å²) in [6.45, 7) is 17.3. The first-order valence-electron chi connectivity index (χ1n) is 29.9. The lowest BCUT2D eigenvalue weighted by Gasteiger charge is -2.62. The number of piperazine rings is 1. The third kappa shape index (κ3) is 10.7. The van der Waals surface area contributed by atoms with Gasteiger partial charge in [-0.15, -0.1) is 0 Å². The standard InChI is InChI=1S/C63H76N10O10S/c1-39-8-6-7-9-46(39)54-36-69(35-43-17-24-65-60-56(43)81-38-61(3,4)83-60)27-28-71(54)53-33-63(40(53)2)21-25-70(26-22-63)44-10-12-47(50(31-44)72-49-18-29-80-37-55(49)82-59-52(72)30-42-16-23-64-57(42)67-59)58(74)68-84(78,79)45-11-13-48(51(32-45)73(76)77)66-34-41-14-19-62(5,75)20-15-41/h6-13,16-17,23-24,30-32,40-41,49,53-55,66,75H,14-15,18-22,25-29,33-38H2,1-5H3,(H,64,67)(H,68,74)/t40?,41-,49-,53?,54-,55-,62-/m0/s1. The fourth-order valence-corrected chi connectivity index (χ4v) is 15.5. The first kappa shape index (κ1) is 56.1. The fourth-order valence-electron chi connectivity index (χ4n) is 14.6. The van der Waals surface area contributed by atoms with Gasteiger partial charge < -0.3 is 44.2 Å². The van der Waals surface area contributed by atoms with Crippen molar-refractivity contribution in [1.82, 2.24) is 29.5 Å². The van der Waals surface area contributed by atoms with Crippen LogP contribution in [0.5, 0.6) is 17.5 Å². The van der Waals surface area contributed by atoms with E-state index < -0.39 is 48.7 Å². The van der Waals surface area contributed by atoms with Gasteiger partial charge in [-0.2, -0.15) is 4.98 Å². The fraction of sp³-hybridized carbons (Fsp3) is 0.508. The van der Waals surface area contributed by atoms with Crippen LogP contribution in [-0.2, 0) is 21.3 Å². The molecule has 444 valence electrons. The number of carbonyl (C=O) groups excluding carboxylic acids is 1. The molecule has 21 heteroatoms. The summed E-state index contributed by atoms with van der Waals surface area (Å²) >= 11 is 0. The molecule has 1 spiro atoms. The highest BCUT2D eigenvalue weighted by Gasteiger charge is 2.56. The minimum Gasteiger partial charge on any atom is -0.483 e. The van der Waals surface area contributed by atoms with Gasteiger partial charge in [-0.05, 0) is 156 Å². The van der Waals surface area contributed by atoms with Gasteiger partial charge >= 0.3 is 0 Å². The number of rotatable bonds is 13. The van der Waals surface area contributed by atoms with Crippen LogP contribution in [0.3, 0.4) is 0 Å². The molecule has 5 atom stereocenters. The van der Waals surface area contributed by atoms with Crippen LogP contribution in [0.2, 0.25) is 0 Å². The number of aliphatic hydroxyl groups is 1. The van der Waals surface area contributed by atoms with Gasteiger partial charge in [-0.3, -0.25) is 24.7 Å². The molecule has 8 heterocycles. The van der Waals surface area contributed by atoms with Crippen LogP contribution in [0.15, 0.2) is 96.2 Å². The van der Waals surface area contributed by atoms with Gasteiger partial charge in [0.2, 0.25) is 5.88 Å². The van der Waals surface area contributed by atoms with Crippen molar-refractivity contribution in [1.29, 1.82) is 0 Å². The first-order valence-corrected chi connectivity index (χ1v) is 31.4. The topological polar surface area (TPSA) is 230 Å². The highest BCUT2D eigenvalue weighted by Crippen LogP contribution is 2.57. The molecule has 4 N–H and O–H groups in total. The third-order valence-electron chi connectivity index (χ3n) is 19.6. The Hall–Kier alpha value is -7.04. The van der Waals surface area contributed by atoms with Crippen LogP contribution in [0.1, 0.15) is 112 Å². The number of piperidine rings is 1. The Morgan fingerprint density at radius 2 is 1.74 bits per heavy atom. The summed E-state index contributed by atoms with van der Waals surface area (Å²) in [4.78, 5) is 48.7. The van der Waals surface area contributed by atoms with E-state index in [9.17, 15) is 28.4 Å². The summed E-state index contributed by atoms with van der Waals surface area (Å²) in [5, 5.41) is 26.9. The lowest BCUT2D eigenvalue weighted by atomic mass is 9.53. The van der Waals surface area contributed by atoms with E-state index in [2.05, 4.69) is 83.8 Å². The molecule has 2 aliphatic carbocycles. The lowest BCUT2D eigenvalue weighted by Crippen LogP contribution is -2.64. The predicted molar refractivity (Wildman–Crippen MR) is 319 cm³/mol. The number of nitrogens with zero attached hydrogens (tertiary/aromatic N) is 7. The monoisotopic (exact) mass is 1160 g/mol. The molecule has 13 rings (SSSR count). The normalized spacial score (nSPS) is 26.6. The number of aryl methyl sites for hydroxylation is 1. The summed E-state index contributed by atoms with van der Waals surface area (Å²) in [5.74, 6) is 1.42. The number of nitro groups is 1. The molecule has 7 aliphatic rings. The number of aromatic amines is 1. The molecule has 3 saturated heterocycles. The molecule has 6 aromatic rings. The Bertz CT molecular complexity index is 3610. The average Bonchev–Trinajstić information content (AvgIpc) is 1.77. The zero-order chi connectivity index (χ0) is 58.3. The van der Waals surface area contributed by atoms with Gasteiger partial charge in [0, 0.05) is 99.6 Å². The van der Waals surface area contributed by atoms with E-state index in [0.717, 1.165) is 99.8 Å². The molecule has 5 aliphatic heterocycles. The van der Waals surface area contributed by atoms with Crippen molar-refractivity contribution < 1.29 is 42.2 Å². The summed E-state index contributed by atoms with van der Waals surface area (Å²) in [6, 6.07) is 24.4. The second-order valence-corrected chi connectivity index (χ2v) is 27.3. The second-order valence-electron chi connectivity index (χ2n) is 25.6. The molecule has 2 unspecified atom stereocenters. The molecule has 20 nitrogen and oxygen atoms in total. The van der Waals surface area contributed by atoms with E-state index in [-0.39, 0.29) is 34.7 Å². The molecular weight excluding hydrogens is 1090 g/mol. The molecule has 5 fully saturated rings. The number of hydrogen-bond acceptors (Lipinski definition) is 17. The van der Waals surface area contributed by atoms with E-state index >= 15 is 0 Å². The number of benzene rings is 3. The number of carbonyl (C=O) groups is 1. The Balaban J connectivity index is 0.755. The summed E-state index contributed by atoms with van der Waals surface area (Å²) in [6.07, 6.45) is 9.60. The molecule has 0 bridgehead atoms. The average molecular weight is 1170 g/mol. The molecule has 2 saturated carbocycles. The number of amides is 1. The number of ether oxygens (including phenoxy) is 4. The Morgan fingerprint density at radius 3 is 2.52 bits per heavy atom. The summed E-state index contributed by atoms with van der Waals surface area (Å²) in [5.41, 5.74) is 5.26. The van der Waals surface area contributed by atoms with Gasteiger partial charge in [-0.25, -0.2) is 18.1 Å². The van der Waals surface area contributed by atoms with Crippen molar-refractivity contribution in [3.63, 3.8) is 0 Å². The predicted octanol–water partition coefficient (Wildman–Crippen LogP) is 9.44. The van der Waals surface area contributed by atoms with E-state index in [1.807, 2.05) is 57.4 Å². The van der Waals surface area contributed by atoms with Crippen molar-refractivity contribution in [3.8, 4) is 17.5 Å². The third-order valence-corrected chi connectivity index (χ3v) is 20.9. The van der Waals surface area contributed by atoms with Crippen LogP contribution in [-0.4, -0.2) is 138 Å². The minimum absolute atomic E-state index is 0.104. The van der Waals surface area contributed by atoms with E-state index in [4.69, 9.17) is 23.9 Å². The van der Waals surface area contributed by atoms with Crippen LogP contribution in [0.4, 0.5) is 28.4 Å². The van der Waals surface area contributed by atoms with Crippen molar-refractivity contribution in [3.05, 3.63) is 124 Å². The Labute approximate surface area is 490 Å². The van der Waals surface area contributed by atoms with Crippen molar-refractivity contribution >= 4 is 55.4 Å². The molecule has 0 radical (unpaired) electrons. The number of nitro benzene ring substituents is 1. The highest BCUT2D eigenvalue weighted by molar-refractivity contribution is 7.90. The second kappa shape index (κ2) is 21.8. The zero-order valence-corrected chi connectivity index (χ0v) is 49.3. The summed E-state index contributed by atoms with van der Waals surface area (Å²) < 4.78 is 56.0. The number of H-pyrrole nitrogens is 1. The molecular formula is C63H76N10O10S. The van der Waals surface area contributed by atoms with Gasteiger partial charge in [0.25, 0.3) is 27.5 Å². The van der Waals surface area contributed by atoms with Gasteiger partial charge in [0.1, 0.15) is 35.3 Å². The quantitative estimate of drug-likeness (QED) is 0.0623. The summed E-state index contributed by atoms with van der Waals surface area (Å²) in [7, 11) is -4.65. The largest absolute Gasteiger partial charge is 0.483 e. The van der Waals surface area contributed by atoms with Gasteiger partial charge in [0.15, 0.2) is 5.75 Å². The smallest absolute Gasteiger partial charge is 0.293 e. The number of aromatic nitrogens is 3. The number of pyridine rings is 2. The Morgan fingerprint density at radius 1 is 0.929 bits per heavy atom. The number of fused-ring (bicyclic) bond motifs is 4. The van der Waals surface area contributed by atoms with Crippen LogP contribution in [0.25, 0.3) is 11.0 Å². The van der Waals surface area contributed by atoms with Crippen LogP contribution >= 0.6 is 0 Å². The molecule has 1 amide bonds. The maximum Gasteiger partial charge on any atom is 0.293 e.